The summed E-state index contributed by atoms with van der Waals surface area (Å²) in [6, 6.07) is 23.6. The highest BCUT2D eigenvalue weighted by atomic mass is 79.9. The number of hydrogen-bond acceptors (Lipinski definition) is 5. The van der Waals surface area contributed by atoms with E-state index in [2.05, 4.69) is 31.4 Å². The lowest BCUT2D eigenvalue weighted by Gasteiger charge is -2.04. The van der Waals surface area contributed by atoms with E-state index in [1.807, 2.05) is 60.7 Å². The van der Waals surface area contributed by atoms with E-state index in [9.17, 15) is 14.7 Å². The lowest BCUT2D eigenvalue weighted by atomic mass is 10.0. The Hall–Kier alpha value is -4.21. The van der Waals surface area contributed by atoms with Crippen LogP contribution in [0.2, 0.25) is 0 Å². The topological polar surface area (TPSA) is 115 Å². The first kappa shape index (κ1) is 23.5. The van der Waals surface area contributed by atoms with Gasteiger partial charge in [-0.05, 0) is 53.6 Å². The van der Waals surface area contributed by atoms with Crippen LogP contribution in [0.1, 0.15) is 25.7 Å². The van der Waals surface area contributed by atoms with Gasteiger partial charge in [-0.25, -0.2) is 10.2 Å². The second-order valence-electron chi connectivity index (χ2n) is 7.87. The highest BCUT2D eigenvalue weighted by Gasteiger charge is 2.19. The first-order valence-corrected chi connectivity index (χ1v) is 12.4. The van der Waals surface area contributed by atoms with E-state index >= 15 is 0 Å². The van der Waals surface area contributed by atoms with E-state index in [0.717, 1.165) is 36.3 Å². The summed E-state index contributed by atoms with van der Waals surface area (Å²) >= 11 is 4.90. The lowest BCUT2D eigenvalue weighted by Crippen LogP contribution is -2.18. The monoisotopic (exact) mass is 559 g/mol. The van der Waals surface area contributed by atoms with Gasteiger partial charge in [0, 0.05) is 30.7 Å². The molecule has 0 aliphatic rings. The van der Waals surface area contributed by atoms with Crippen LogP contribution < -0.4 is 5.43 Å². The van der Waals surface area contributed by atoms with Crippen molar-refractivity contribution < 1.29 is 19.8 Å². The van der Waals surface area contributed by atoms with Gasteiger partial charge in [0.1, 0.15) is 17.0 Å². The average Bonchev–Trinajstić information content (AvgIpc) is 3.49. The number of fused-ring (bicyclic) bond motifs is 1. The van der Waals surface area contributed by atoms with E-state index in [4.69, 9.17) is 5.11 Å². The number of H-pyrrole nitrogens is 1. The van der Waals surface area contributed by atoms with E-state index in [0.29, 0.717) is 11.3 Å². The summed E-state index contributed by atoms with van der Waals surface area (Å²) in [5, 5.41) is 24.1. The Bertz CT molecular complexity index is 1640. The second-order valence-corrected chi connectivity index (χ2v) is 9.90. The van der Waals surface area contributed by atoms with Gasteiger partial charge in [-0.3, -0.25) is 4.79 Å². The van der Waals surface area contributed by atoms with Gasteiger partial charge in [0.15, 0.2) is 0 Å². The number of aromatic amines is 1. The molecule has 0 aliphatic carbocycles. The third kappa shape index (κ3) is 4.66. The molecule has 0 spiro atoms. The first-order chi connectivity index (χ1) is 17.4. The summed E-state index contributed by atoms with van der Waals surface area (Å²) in [4.78, 5) is 29.0. The highest BCUT2D eigenvalue weighted by Crippen LogP contribution is 2.34. The fraction of sp³-hybridized carbons (Fsp3) is 0. The van der Waals surface area contributed by atoms with Crippen LogP contribution in [-0.2, 0) is 0 Å². The maximum Gasteiger partial charge on any atom is 0.339 e. The number of aromatic carboxylic acids is 1. The van der Waals surface area contributed by atoms with Crippen LogP contribution in [0, 0.1) is 0 Å². The molecule has 3 aromatic carbocycles. The SMILES string of the molecule is O=C(O)c1ccc(-c2ccc(/C=N/NC(=O)c3[nH]c4ccc(Br)cc4c3-c3ccccc3)s2)cc1O. The van der Waals surface area contributed by atoms with Crippen molar-refractivity contribution in [1.29, 1.82) is 0 Å². The van der Waals surface area contributed by atoms with Gasteiger partial charge in [0.2, 0.25) is 0 Å². The predicted molar refractivity (Wildman–Crippen MR) is 145 cm³/mol. The molecule has 1 amide bonds. The summed E-state index contributed by atoms with van der Waals surface area (Å²) < 4.78 is 0.913. The Morgan fingerprint density at radius 2 is 1.78 bits per heavy atom. The van der Waals surface area contributed by atoms with Crippen molar-refractivity contribution in [1.82, 2.24) is 10.4 Å². The summed E-state index contributed by atoms with van der Waals surface area (Å²) in [6.45, 7) is 0. The van der Waals surface area contributed by atoms with Crippen molar-refractivity contribution in [3.8, 4) is 27.3 Å². The number of hydrazone groups is 1. The van der Waals surface area contributed by atoms with Gasteiger partial charge in [-0.15, -0.1) is 11.3 Å². The number of nitrogens with one attached hydrogen (secondary N) is 2. The highest BCUT2D eigenvalue weighted by molar-refractivity contribution is 9.10. The number of aromatic nitrogens is 1. The molecule has 0 fully saturated rings. The zero-order valence-corrected chi connectivity index (χ0v) is 20.9. The van der Waals surface area contributed by atoms with Crippen molar-refractivity contribution in [2.75, 3.05) is 0 Å². The molecule has 0 radical (unpaired) electrons. The first-order valence-electron chi connectivity index (χ1n) is 10.8. The number of thiophene rings is 1. The standard InChI is InChI=1S/C27H18BrN3O4S/c28-17-7-10-21-20(13-17)24(15-4-2-1-3-5-15)25(30-21)26(33)31-29-14-18-8-11-23(36-18)16-6-9-19(27(34)35)22(32)12-16/h1-14,30,32H,(H,31,33)(H,34,35)/b29-14+. The fourth-order valence-electron chi connectivity index (χ4n) is 3.89. The van der Waals surface area contributed by atoms with Crippen LogP contribution in [-0.4, -0.2) is 33.3 Å². The maximum atomic E-state index is 13.1. The van der Waals surface area contributed by atoms with Gasteiger partial charge in [0.25, 0.3) is 5.91 Å². The number of aromatic hydroxyl groups is 1. The molecule has 2 aromatic heterocycles. The van der Waals surface area contributed by atoms with Gasteiger partial charge in [0.05, 0.1) is 6.21 Å². The summed E-state index contributed by atoms with van der Waals surface area (Å²) in [5.41, 5.74) is 6.09. The normalized spacial score (nSPS) is 11.2. The molecular formula is C27H18BrN3O4S. The second kappa shape index (κ2) is 9.80. The minimum Gasteiger partial charge on any atom is -0.507 e. The molecule has 0 saturated carbocycles. The van der Waals surface area contributed by atoms with Gasteiger partial charge in [-0.2, -0.15) is 5.10 Å². The molecule has 7 nitrogen and oxygen atoms in total. The molecule has 36 heavy (non-hydrogen) atoms. The summed E-state index contributed by atoms with van der Waals surface area (Å²) in [7, 11) is 0. The van der Waals surface area contributed by atoms with Crippen LogP contribution in [0.5, 0.6) is 5.75 Å². The molecular weight excluding hydrogens is 542 g/mol. The molecule has 9 heteroatoms. The van der Waals surface area contributed by atoms with Gasteiger partial charge >= 0.3 is 5.97 Å². The Kier molecular flexibility index (Phi) is 6.41. The molecule has 0 atom stereocenters. The summed E-state index contributed by atoms with van der Waals surface area (Å²) in [6.07, 6.45) is 1.54. The van der Waals surface area contributed by atoms with Crippen LogP contribution in [0.4, 0.5) is 0 Å². The molecule has 4 N–H and O–H groups in total. The van der Waals surface area contributed by atoms with E-state index in [1.165, 1.54) is 23.5 Å². The Morgan fingerprint density at radius 3 is 2.53 bits per heavy atom. The van der Waals surface area contributed by atoms with Crippen molar-refractivity contribution in [2.45, 2.75) is 0 Å². The number of phenols is 1. The Morgan fingerprint density at radius 1 is 0.972 bits per heavy atom. The minimum atomic E-state index is -1.19. The molecule has 5 rings (SSSR count). The number of halogens is 1. The van der Waals surface area contributed by atoms with Crippen LogP contribution >= 0.6 is 27.3 Å². The maximum absolute atomic E-state index is 13.1. The molecule has 2 heterocycles. The fourth-order valence-corrected chi connectivity index (χ4v) is 5.13. The third-order valence-corrected chi connectivity index (χ3v) is 7.11. The number of benzene rings is 3. The van der Waals surface area contributed by atoms with Crippen molar-refractivity contribution in [3.63, 3.8) is 0 Å². The average molecular weight is 560 g/mol. The number of nitrogens with zero attached hydrogens (tertiary/aromatic N) is 1. The largest absolute Gasteiger partial charge is 0.507 e. The van der Waals surface area contributed by atoms with E-state index in [1.54, 1.807) is 12.3 Å². The van der Waals surface area contributed by atoms with E-state index < -0.39 is 5.97 Å². The molecule has 0 unspecified atom stereocenters. The number of carboxylic acid groups (broad SMARTS) is 1. The number of hydrogen-bond donors (Lipinski definition) is 4. The summed E-state index contributed by atoms with van der Waals surface area (Å²) in [5.74, 6) is -1.86. The van der Waals surface area contributed by atoms with Gasteiger partial charge in [-0.1, -0.05) is 52.3 Å². The van der Waals surface area contributed by atoms with Crippen molar-refractivity contribution >= 4 is 56.3 Å². The number of amides is 1. The van der Waals surface area contributed by atoms with Crippen LogP contribution in [0.15, 0.2) is 88.4 Å². The van der Waals surface area contributed by atoms with Crippen molar-refractivity contribution in [2.24, 2.45) is 5.10 Å². The van der Waals surface area contributed by atoms with E-state index in [-0.39, 0.29) is 17.2 Å². The number of rotatable bonds is 6. The van der Waals surface area contributed by atoms with Crippen LogP contribution in [0.3, 0.4) is 0 Å². The van der Waals surface area contributed by atoms with Gasteiger partial charge < -0.3 is 15.2 Å². The number of carboxylic acids is 1. The molecule has 178 valence electrons. The molecule has 5 aromatic rings. The predicted octanol–water partition coefficient (Wildman–Crippen LogP) is 6.49. The smallest absolute Gasteiger partial charge is 0.339 e. The zero-order valence-electron chi connectivity index (χ0n) is 18.5. The third-order valence-electron chi connectivity index (χ3n) is 5.55. The molecule has 0 bridgehead atoms. The minimum absolute atomic E-state index is 0.154. The Labute approximate surface area is 217 Å². The zero-order chi connectivity index (χ0) is 25.2. The Balaban J connectivity index is 1.38. The quantitative estimate of drug-likeness (QED) is 0.140. The number of carbonyl (C=O) groups excluding carboxylic acids is 1. The lowest BCUT2D eigenvalue weighted by molar-refractivity contribution is 0.0693. The van der Waals surface area contributed by atoms with Crippen molar-refractivity contribution in [3.05, 3.63) is 99.5 Å². The molecule has 0 aliphatic heterocycles. The number of carbonyl (C=O) groups is 2. The van der Waals surface area contributed by atoms with Crippen LogP contribution in [0.25, 0.3) is 32.5 Å². The molecule has 0 saturated heterocycles.